The third kappa shape index (κ3) is 3.35. The van der Waals surface area contributed by atoms with Crippen molar-refractivity contribution in [2.75, 3.05) is 18.1 Å². The molecule has 4 nitrogen and oxygen atoms in total. The monoisotopic (exact) mass is 289 g/mol. The van der Waals surface area contributed by atoms with Gasteiger partial charge >= 0.3 is 0 Å². The molecule has 3 heterocycles. The summed E-state index contributed by atoms with van der Waals surface area (Å²) in [6.45, 7) is 4.59. The van der Waals surface area contributed by atoms with Crippen molar-refractivity contribution in [2.45, 2.75) is 32.4 Å². The highest BCUT2D eigenvalue weighted by molar-refractivity contribution is 7.09. The highest BCUT2D eigenvalue weighted by Gasteiger charge is 2.21. The molecule has 5 heteroatoms. The van der Waals surface area contributed by atoms with E-state index in [1.54, 1.807) is 11.3 Å². The Balaban J connectivity index is 1.78. The predicted molar refractivity (Wildman–Crippen MR) is 81.1 cm³/mol. The molecule has 1 aliphatic heterocycles. The van der Waals surface area contributed by atoms with Crippen molar-refractivity contribution < 1.29 is 4.74 Å². The van der Waals surface area contributed by atoms with E-state index in [0.29, 0.717) is 6.10 Å². The average molecular weight is 289 g/mol. The SMILES string of the molecule is Cc1ccnc(N(Cc2cccs2)CC2CCCO2)n1. The van der Waals surface area contributed by atoms with Crippen LogP contribution in [-0.2, 0) is 11.3 Å². The Morgan fingerprint density at radius 2 is 2.40 bits per heavy atom. The molecule has 20 heavy (non-hydrogen) atoms. The quantitative estimate of drug-likeness (QED) is 0.848. The largest absolute Gasteiger partial charge is 0.376 e. The third-order valence-electron chi connectivity index (χ3n) is 3.44. The maximum Gasteiger partial charge on any atom is 0.225 e. The smallest absolute Gasteiger partial charge is 0.225 e. The van der Waals surface area contributed by atoms with Gasteiger partial charge in [-0.3, -0.25) is 0 Å². The number of hydrogen-bond acceptors (Lipinski definition) is 5. The van der Waals surface area contributed by atoms with Gasteiger partial charge in [-0.15, -0.1) is 11.3 Å². The van der Waals surface area contributed by atoms with Crippen LogP contribution in [0.25, 0.3) is 0 Å². The summed E-state index contributed by atoms with van der Waals surface area (Å²) in [4.78, 5) is 12.5. The van der Waals surface area contributed by atoms with Crippen LogP contribution in [0.2, 0.25) is 0 Å². The van der Waals surface area contributed by atoms with E-state index in [2.05, 4.69) is 32.4 Å². The van der Waals surface area contributed by atoms with E-state index in [1.807, 2.05) is 19.2 Å². The van der Waals surface area contributed by atoms with Crippen molar-refractivity contribution in [3.05, 3.63) is 40.3 Å². The first kappa shape index (κ1) is 13.5. The lowest BCUT2D eigenvalue weighted by molar-refractivity contribution is 0.115. The first-order chi connectivity index (χ1) is 9.81. The standard InChI is InChI=1S/C15H19N3OS/c1-12-6-7-16-15(17-12)18(10-13-4-2-8-19-13)11-14-5-3-9-20-14/h3,5-7,9,13H,2,4,8,10-11H2,1H3. The van der Waals surface area contributed by atoms with E-state index in [4.69, 9.17) is 4.74 Å². The van der Waals surface area contributed by atoms with Crippen LogP contribution in [-0.4, -0.2) is 29.2 Å². The lowest BCUT2D eigenvalue weighted by atomic mass is 10.2. The molecule has 0 aliphatic carbocycles. The van der Waals surface area contributed by atoms with Gasteiger partial charge in [-0.2, -0.15) is 0 Å². The van der Waals surface area contributed by atoms with Gasteiger partial charge in [0.25, 0.3) is 0 Å². The van der Waals surface area contributed by atoms with Crippen LogP contribution in [0.3, 0.4) is 0 Å². The molecule has 1 saturated heterocycles. The maximum absolute atomic E-state index is 5.76. The molecule has 0 spiro atoms. The van der Waals surface area contributed by atoms with E-state index in [0.717, 1.165) is 44.2 Å². The molecular weight excluding hydrogens is 270 g/mol. The molecule has 106 valence electrons. The van der Waals surface area contributed by atoms with Crippen molar-refractivity contribution in [3.63, 3.8) is 0 Å². The van der Waals surface area contributed by atoms with E-state index in [9.17, 15) is 0 Å². The highest BCUT2D eigenvalue weighted by Crippen LogP contribution is 2.20. The summed E-state index contributed by atoms with van der Waals surface area (Å²) in [6, 6.07) is 6.17. The van der Waals surface area contributed by atoms with E-state index in [-0.39, 0.29) is 0 Å². The molecule has 1 atom stereocenters. The fourth-order valence-electron chi connectivity index (χ4n) is 2.43. The van der Waals surface area contributed by atoms with E-state index >= 15 is 0 Å². The van der Waals surface area contributed by atoms with E-state index in [1.165, 1.54) is 4.88 Å². The normalized spacial score (nSPS) is 18.4. The Bertz CT molecular complexity index is 538. The Labute approximate surface area is 123 Å². The molecule has 1 aliphatic rings. The number of thiophene rings is 1. The van der Waals surface area contributed by atoms with Gasteiger partial charge in [0.15, 0.2) is 0 Å². The van der Waals surface area contributed by atoms with E-state index < -0.39 is 0 Å². The van der Waals surface area contributed by atoms with Crippen LogP contribution in [0.4, 0.5) is 5.95 Å². The zero-order valence-electron chi connectivity index (χ0n) is 11.7. The molecule has 0 amide bonds. The van der Waals surface area contributed by atoms with Gasteiger partial charge in [0, 0.05) is 29.9 Å². The van der Waals surface area contributed by atoms with Gasteiger partial charge in [-0.1, -0.05) is 6.07 Å². The molecule has 1 unspecified atom stereocenters. The number of ether oxygens (including phenoxy) is 1. The summed E-state index contributed by atoms with van der Waals surface area (Å²) in [5.41, 5.74) is 0.999. The fraction of sp³-hybridized carbons (Fsp3) is 0.467. The van der Waals surface area contributed by atoms with Crippen LogP contribution in [0, 0.1) is 6.92 Å². The lowest BCUT2D eigenvalue weighted by Gasteiger charge is -2.25. The molecule has 0 aromatic carbocycles. The van der Waals surface area contributed by atoms with Crippen molar-refractivity contribution in [3.8, 4) is 0 Å². The van der Waals surface area contributed by atoms with Crippen LogP contribution >= 0.6 is 11.3 Å². The van der Waals surface area contributed by atoms with Gasteiger partial charge in [0.05, 0.1) is 12.6 Å². The fourth-order valence-corrected chi connectivity index (χ4v) is 3.15. The molecule has 2 aromatic heterocycles. The molecule has 1 fully saturated rings. The first-order valence-electron chi connectivity index (χ1n) is 7.00. The van der Waals surface area contributed by atoms with Gasteiger partial charge in [0.1, 0.15) is 0 Å². The Morgan fingerprint density at radius 1 is 1.45 bits per heavy atom. The number of rotatable bonds is 5. The minimum absolute atomic E-state index is 0.305. The minimum atomic E-state index is 0.305. The number of aromatic nitrogens is 2. The van der Waals surface area contributed by atoms with Crippen molar-refractivity contribution >= 4 is 17.3 Å². The number of hydrogen-bond donors (Lipinski definition) is 0. The molecule has 0 radical (unpaired) electrons. The summed E-state index contributed by atoms with van der Waals surface area (Å²) < 4.78 is 5.76. The molecule has 3 rings (SSSR count). The first-order valence-corrected chi connectivity index (χ1v) is 7.88. The van der Waals surface area contributed by atoms with Gasteiger partial charge in [-0.25, -0.2) is 9.97 Å². The Hall–Kier alpha value is -1.46. The number of aryl methyl sites for hydroxylation is 1. The summed E-state index contributed by atoms with van der Waals surface area (Å²) in [7, 11) is 0. The maximum atomic E-state index is 5.76. The van der Waals surface area contributed by atoms with Crippen LogP contribution in [0.5, 0.6) is 0 Å². The highest BCUT2D eigenvalue weighted by atomic mass is 32.1. The molecular formula is C15H19N3OS. The minimum Gasteiger partial charge on any atom is -0.376 e. The topological polar surface area (TPSA) is 38.2 Å². The van der Waals surface area contributed by atoms with Crippen LogP contribution < -0.4 is 4.90 Å². The zero-order valence-corrected chi connectivity index (χ0v) is 12.5. The van der Waals surface area contributed by atoms with Crippen LogP contribution in [0.15, 0.2) is 29.8 Å². The molecule has 0 bridgehead atoms. The zero-order chi connectivity index (χ0) is 13.8. The van der Waals surface area contributed by atoms with Crippen molar-refractivity contribution in [1.82, 2.24) is 9.97 Å². The van der Waals surface area contributed by atoms with Crippen molar-refractivity contribution in [2.24, 2.45) is 0 Å². The molecule has 0 saturated carbocycles. The second-order valence-corrected chi connectivity index (χ2v) is 6.13. The summed E-state index contributed by atoms with van der Waals surface area (Å²) in [6.07, 6.45) is 4.42. The second-order valence-electron chi connectivity index (χ2n) is 5.09. The number of nitrogens with zero attached hydrogens (tertiary/aromatic N) is 3. The average Bonchev–Trinajstić information content (AvgIpc) is 3.11. The number of anilines is 1. The summed E-state index contributed by atoms with van der Waals surface area (Å²) in [5, 5.41) is 2.11. The second kappa shape index (κ2) is 6.33. The summed E-state index contributed by atoms with van der Waals surface area (Å²) >= 11 is 1.77. The van der Waals surface area contributed by atoms with Gasteiger partial charge in [0.2, 0.25) is 5.95 Å². The Morgan fingerprint density at radius 3 is 3.10 bits per heavy atom. The summed E-state index contributed by atoms with van der Waals surface area (Å²) in [5.74, 6) is 0.800. The molecule has 2 aromatic rings. The Kier molecular flexibility index (Phi) is 4.28. The predicted octanol–water partition coefficient (Wildman–Crippen LogP) is 3.03. The van der Waals surface area contributed by atoms with Crippen LogP contribution in [0.1, 0.15) is 23.4 Å². The van der Waals surface area contributed by atoms with Crippen molar-refractivity contribution in [1.29, 1.82) is 0 Å². The molecule has 0 N–H and O–H groups in total. The lowest BCUT2D eigenvalue weighted by Crippen LogP contribution is -2.33. The van der Waals surface area contributed by atoms with Gasteiger partial charge in [-0.05, 0) is 37.3 Å². The van der Waals surface area contributed by atoms with Gasteiger partial charge < -0.3 is 9.64 Å². The third-order valence-corrected chi connectivity index (χ3v) is 4.30.